The van der Waals surface area contributed by atoms with Crippen molar-refractivity contribution in [3.8, 4) is 5.75 Å². The Kier molecular flexibility index (Phi) is 6.73. The van der Waals surface area contributed by atoms with Crippen molar-refractivity contribution >= 4 is 11.7 Å². The molecule has 1 aromatic rings. The van der Waals surface area contributed by atoms with E-state index < -0.39 is 6.10 Å². The lowest BCUT2D eigenvalue weighted by atomic mass is 10.0. The summed E-state index contributed by atoms with van der Waals surface area (Å²) >= 11 is 0. The van der Waals surface area contributed by atoms with E-state index in [1.807, 2.05) is 32.0 Å². The minimum Gasteiger partial charge on any atom is -0.495 e. The fraction of sp³-hybridized carbons (Fsp3) is 0.611. The van der Waals surface area contributed by atoms with Gasteiger partial charge in [0.15, 0.2) is 0 Å². The standard InChI is InChI=1S/C18H29N3O3/c1-13(2)16(22)12-19-18(23)20-14-8-10-21(11-9-14)15-6-4-5-7-17(15)24-3/h4-7,13-14,16,22H,8-12H2,1-3H3,(H2,19,20,23). The van der Waals surface area contributed by atoms with Crippen molar-refractivity contribution in [2.45, 2.75) is 38.8 Å². The second-order valence-corrected chi connectivity index (χ2v) is 6.60. The van der Waals surface area contributed by atoms with Crippen LogP contribution in [0.4, 0.5) is 10.5 Å². The Morgan fingerprint density at radius 3 is 2.62 bits per heavy atom. The number of rotatable bonds is 6. The molecule has 0 spiro atoms. The number of anilines is 1. The van der Waals surface area contributed by atoms with Crippen LogP contribution < -0.4 is 20.3 Å². The Morgan fingerprint density at radius 1 is 1.33 bits per heavy atom. The van der Waals surface area contributed by atoms with Gasteiger partial charge in [-0.1, -0.05) is 26.0 Å². The number of aliphatic hydroxyl groups is 1. The molecule has 1 fully saturated rings. The summed E-state index contributed by atoms with van der Waals surface area (Å²) in [6.07, 6.45) is 1.26. The lowest BCUT2D eigenvalue weighted by Crippen LogP contribution is -2.49. The Morgan fingerprint density at radius 2 is 2.00 bits per heavy atom. The zero-order valence-corrected chi connectivity index (χ0v) is 14.8. The molecule has 1 heterocycles. The number of methoxy groups -OCH3 is 1. The maximum Gasteiger partial charge on any atom is 0.315 e. The number of ether oxygens (including phenoxy) is 1. The molecule has 2 rings (SSSR count). The van der Waals surface area contributed by atoms with Gasteiger partial charge in [0.1, 0.15) is 5.75 Å². The molecule has 1 aliphatic rings. The molecule has 1 aliphatic heterocycles. The van der Waals surface area contributed by atoms with Crippen molar-refractivity contribution in [3.63, 3.8) is 0 Å². The highest BCUT2D eigenvalue weighted by Gasteiger charge is 2.22. The normalized spacial score (nSPS) is 16.8. The molecule has 0 aromatic heterocycles. The SMILES string of the molecule is COc1ccccc1N1CCC(NC(=O)NCC(O)C(C)C)CC1. The van der Waals surface area contributed by atoms with Gasteiger partial charge in [0.05, 0.1) is 18.9 Å². The third-order valence-electron chi connectivity index (χ3n) is 4.50. The van der Waals surface area contributed by atoms with Crippen molar-refractivity contribution in [1.29, 1.82) is 0 Å². The van der Waals surface area contributed by atoms with Crippen LogP contribution in [0.3, 0.4) is 0 Å². The molecule has 2 amide bonds. The number of nitrogens with one attached hydrogen (secondary N) is 2. The van der Waals surface area contributed by atoms with Crippen LogP contribution in [0.2, 0.25) is 0 Å². The van der Waals surface area contributed by atoms with Crippen LogP contribution in [-0.4, -0.2) is 50.0 Å². The zero-order valence-electron chi connectivity index (χ0n) is 14.8. The number of aliphatic hydroxyl groups excluding tert-OH is 1. The van der Waals surface area contributed by atoms with Gasteiger partial charge in [0.25, 0.3) is 0 Å². The summed E-state index contributed by atoms with van der Waals surface area (Å²) in [7, 11) is 1.68. The summed E-state index contributed by atoms with van der Waals surface area (Å²) in [4.78, 5) is 14.2. The van der Waals surface area contributed by atoms with Crippen LogP contribution in [0.5, 0.6) is 5.75 Å². The summed E-state index contributed by atoms with van der Waals surface area (Å²) in [5.41, 5.74) is 1.10. The molecule has 1 aromatic carbocycles. The molecular weight excluding hydrogens is 306 g/mol. The van der Waals surface area contributed by atoms with Crippen LogP contribution in [0.15, 0.2) is 24.3 Å². The summed E-state index contributed by atoms with van der Waals surface area (Å²) in [5, 5.41) is 15.5. The minimum absolute atomic E-state index is 0.134. The second kappa shape index (κ2) is 8.78. The summed E-state index contributed by atoms with van der Waals surface area (Å²) in [5.74, 6) is 1.01. The van der Waals surface area contributed by atoms with E-state index in [0.29, 0.717) is 0 Å². The Bertz CT molecular complexity index is 528. The van der Waals surface area contributed by atoms with E-state index in [1.54, 1.807) is 7.11 Å². The van der Waals surface area contributed by atoms with E-state index in [0.717, 1.165) is 37.4 Å². The van der Waals surface area contributed by atoms with Gasteiger partial charge >= 0.3 is 6.03 Å². The highest BCUT2D eigenvalue weighted by Crippen LogP contribution is 2.29. The lowest BCUT2D eigenvalue weighted by Gasteiger charge is -2.34. The van der Waals surface area contributed by atoms with Crippen molar-refractivity contribution in [3.05, 3.63) is 24.3 Å². The van der Waals surface area contributed by atoms with Gasteiger partial charge in [-0.2, -0.15) is 0 Å². The van der Waals surface area contributed by atoms with E-state index in [1.165, 1.54) is 0 Å². The summed E-state index contributed by atoms with van der Waals surface area (Å²) in [6.45, 7) is 5.89. The van der Waals surface area contributed by atoms with Gasteiger partial charge in [-0.15, -0.1) is 0 Å². The van der Waals surface area contributed by atoms with E-state index in [2.05, 4.69) is 21.6 Å². The fourth-order valence-electron chi connectivity index (χ4n) is 2.83. The first-order valence-corrected chi connectivity index (χ1v) is 8.61. The van der Waals surface area contributed by atoms with Gasteiger partial charge in [-0.25, -0.2) is 4.79 Å². The lowest BCUT2D eigenvalue weighted by molar-refractivity contribution is 0.124. The van der Waals surface area contributed by atoms with Gasteiger partial charge in [0, 0.05) is 25.7 Å². The number of para-hydroxylation sites is 2. The number of amides is 2. The first kappa shape index (κ1) is 18.4. The van der Waals surface area contributed by atoms with Crippen LogP contribution >= 0.6 is 0 Å². The average molecular weight is 335 g/mol. The van der Waals surface area contributed by atoms with Crippen LogP contribution in [0.1, 0.15) is 26.7 Å². The Hall–Kier alpha value is -1.95. The molecular formula is C18H29N3O3. The first-order valence-electron chi connectivity index (χ1n) is 8.61. The van der Waals surface area contributed by atoms with Crippen LogP contribution in [-0.2, 0) is 0 Å². The highest BCUT2D eigenvalue weighted by molar-refractivity contribution is 5.74. The zero-order chi connectivity index (χ0) is 17.5. The maximum atomic E-state index is 11.9. The molecule has 134 valence electrons. The van der Waals surface area contributed by atoms with Gasteiger partial charge < -0.3 is 25.4 Å². The third-order valence-corrected chi connectivity index (χ3v) is 4.50. The second-order valence-electron chi connectivity index (χ2n) is 6.60. The predicted molar refractivity (Wildman–Crippen MR) is 95.6 cm³/mol. The van der Waals surface area contributed by atoms with E-state index >= 15 is 0 Å². The number of piperidine rings is 1. The van der Waals surface area contributed by atoms with Gasteiger partial charge in [0.2, 0.25) is 0 Å². The number of carbonyl (C=O) groups is 1. The smallest absolute Gasteiger partial charge is 0.315 e. The molecule has 1 saturated heterocycles. The fourth-order valence-corrected chi connectivity index (χ4v) is 2.83. The minimum atomic E-state index is -0.511. The van der Waals surface area contributed by atoms with Gasteiger partial charge in [-0.3, -0.25) is 0 Å². The van der Waals surface area contributed by atoms with E-state index in [4.69, 9.17) is 4.74 Å². The Labute approximate surface area is 144 Å². The number of carbonyl (C=O) groups excluding carboxylic acids is 1. The van der Waals surface area contributed by atoms with Crippen molar-refractivity contribution < 1.29 is 14.6 Å². The van der Waals surface area contributed by atoms with Gasteiger partial charge in [-0.05, 0) is 30.9 Å². The number of urea groups is 1. The third kappa shape index (κ3) is 5.03. The topological polar surface area (TPSA) is 73.8 Å². The summed E-state index contributed by atoms with van der Waals surface area (Å²) < 4.78 is 5.42. The number of hydrogen-bond donors (Lipinski definition) is 3. The Balaban J connectivity index is 1.77. The van der Waals surface area contributed by atoms with E-state index in [-0.39, 0.29) is 24.5 Å². The molecule has 0 saturated carbocycles. The van der Waals surface area contributed by atoms with Crippen LogP contribution in [0, 0.1) is 5.92 Å². The number of benzene rings is 1. The summed E-state index contributed by atoms with van der Waals surface area (Å²) in [6, 6.07) is 7.96. The van der Waals surface area contributed by atoms with Crippen molar-refractivity contribution in [1.82, 2.24) is 10.6 Å². The quantitative estimate of drug-likeness (QED) is 0.743. The molecule has 0 radical (unpaired) electrons. The van der Waals surface area contributed by atoms with Crippen molar-refractivity contribution in [2.75, 3.05) is 31.6 Å². The average Bonchev–Trinajstić information content (AvgIpc) is 2.60. The highest BCUT2D eigenvalue weighted by atomic mass is 16.5. The molecule has 24 heavy (non-hydrogen) atoms. The number of nitrogens with zero attached hydrogens (tertiary/aromatic N) is 1. The van der Waals surface area contributed by atoms with Crippen LogP contribution in [0.25, 0.3) is 0 Å². The molecule has 1 unspecified atom stereocenters. The maximum absolute atomic E-state index is 11.9. The number of hydrogen-bond acceptors (Lipinski definition) is 4. The molecule has 0 bridgehead atoms. The van der Waals surface area contributed by atoms with E-state index in [9.17, 15) is 9.90 Å². The molecule has 3 N–H and O–H groups in total. The predicted octanol–water partition coefficient (Wildman–Crippen LogP) is 1.98. The largest absolute Gasteiger partial charge is 0.495 e. The first-order chi connectivity index (χ1) is 11.5. The molecule has 6 heteroatoms. The molecule has 1 atom stereocenters. The van der Waals surface area contributed by atoms with Crippen molar-refractivity contribution in [2.24, 2.45) is 5.92 Å². The molecule has 0 aliphatic carbocycles. The molecule has 6 nitrogen and oxygen atoms in total. The monoisotopic (exact) mass is 335 g/mol.